The van der Waals surface area contributed by atoms with Gasteiger partial charge in [0.2, 0.25) is 0 Å². The van der Waals surface area contributed by atoms with Crippen LogP contribution < -0.4 is 0 Å². The molecule has 106 valence electrons. The van der Waals surface area contributed by atoms with Gasteiger partial charge in [-0.3, -0.25) is 4.79 Å². The van der Waals surface area contributed by atoms with Crippen LogP contribution in [0.15, 0.2) is 48.7 Å². The first kappa shape index (κ1) is 13.4. The van der Waals surface area contributed by atoms with E-state index in [0.717, 1.165) is 27.9 Å². The molecule has 3 aromatic rings. The molecule has 0 spiro atoms. The zero-order valence-corrected chi connectivity index (χ0v) is 12.1. The normalized spacial score (nSPS) is 10.8. The largest absolute Gasteiger partial charge is 0.345 e. The molecule has 0 atom stereocenters. The Balaban J connectivity index is 1.89. The number of nitrogens with one attached hydrogen (secondary N) is 1. The maximum Gasteiger partial charge on any atom is 0.254 e. The summed E-state index contributed by atoms with van der Waals surface area (Å²) in [6.45, 7) is 2.42. The van der Waals surface area contributed by atoms with Gasteiger partial charge in [0.05, 0.1) is 6.54 Å². The summed E-state index contributed by atoms with van der Waals surface area (Å²) in [5.74, 6) is 0.796. The summed E-state index contributed by atoms with van der Waals surface area (Å²) < 4.78 is 0. The van der Waals surface area contributed by atoms with Crippen LogP contribution in [0.2, 0.25) is 0 Å². The van der Waals surface area contributed by atoms with E-state index in [1.54, 1.807) is 18.1 Å². The van der Waals surface area contributed by atoms with Crippen LogP contribution in [0, 0.1) is 6.92 Å². The standard InChI is InChI=1S/C17H17N3O/c1-12-10-18-16(19-12)11-20(2)17(21)15-9-5-7-13-6-3-4-8-14(13)15/h3-10H,11H2,1-2H3,(H,18,19). The third-order valence-electron chi connectivity index (χ3n) is 3.51. The lowest BCUT2D eigenvalue weighted by Gasteiger charge is -2.17. The van der Waals surface area contributed by atoms with Gasteiger partial charge in [0.25, 0.3) is 5.91 Å². The van der Waals surface area contributed by atoms with Gasteiger partial charge in [-0.15, -0.1) is 0 Å². The minimum atomic E-state index is 0.000790. The van der Waals surface area contributed by atoms with Crippen LogP contribution in [0.3, 0.4) is 0 Å². The van der Waals surface area contributed by atoms with Crippen molar-refractivity contribution in [2.45, 2.75) is 13.5 Å². The highest BCUT2D eigenvalue weighted by Crippen LogP contribution is 2.20. The van der Waals surface area contributed by atoms with Gasteiger partial charge in [0.15, 0.2) is 0 Å². The van der Waals surface area contributed by atoms with Gasteiger partial charge in [-0.2, -0.15) is 0 Å². The number of H-pyrrole nitrogens is 1. The Bertz CT molecular complexity index is 786. The van der Waals surface area contributed by atoms with Crippen LogP contribution >= 0.6 is 0 Å². The van der Waals surface area contributed by atoms with E-state index in [0.29, 0.717) is 6.54 Å². The molecule has 21 heavy (non-hydrogen) atoms. The second kappa shape index (κ2) is 5.40. The number of nitrogens with zero attached hydrogens (tertiary/aromatic N) is 2. The van der Waals surface area contributed by atoms with Gasteiger partial charge in [0.1, 0.15) is 5.82 Å². The fraction of sp³-hybridized carbons (Fsp3) is 0.176. The molecule has 3 rings (SSSR count). The first-order valence-corrected chi connectivity index (χ1v) is 6.89. The molecule has 1 heterocycles. The highest BCUT2D eigenvalue weighted by molar-refractivity contribution is 6.06. The second-order valence-electron chi connectivity index (χ2n) is 5.20. The maximum atomic E-state index is 12.7. The van der Waals surface area contributed by atoms with Crippen molar-refractivity contribution < 1.29 is 4.79 Å². The minimum Gasteiger partial charge on any atom is -0.345 e. The molecular weight excluding hydrogens is 262 g/mol. The van der Waals surface area contributed by atoms with E-state index in [2.05, 4.69) is 9.97 Å². The Morgan fingerprint density at radius 1 is 1.19 bits per heavy atom. The summed E-state index contributed by atoms with van der Waals surface area (Å²) in [5, 5.41) is 2.05. The van der Waals surface area contributed by atoms with E-state index in [1.807, 2.05) is 49.4 Å². The molecule has 4 nitrogen and oxygen atoms in total. The summed E-state index contributed by atoms with van der Waals surface area (Å²) in [6.07, 6.45) is 1.77. The number of rotatable bonds is 3. The van der Waals surface area contributed by atoms with Crippen LogP contribution in [0.25, 0.3) is 10.8 Å². The van der Waals surface area contributed by atoms with Crippen molar-refractivity contribution in [3.05, 3.63) is 65.7 Å². The molecule has 0 saturated carbocycles. The number of carbonyl (C=O) groups is 1. The van der Waals surface area contributed by atoms with Gasteiger partial charge in [-0.25, -0.2) is 4.98 Å². The average Bonchev–Trinajstić information content (AvgIpc) is 2.91. The predicted octanol–water partition coefficient (Wildman–Crippen LogP) is 3.14. The Morgan fingerprint density at radius 2 is 1.95 bits per heavy atom. The lowest BCUT2D eigenvalue weighted by Crippen LogP contribution is -2.26. The van der Waals surface area contributed by atoms with Crippen LogP contribution in [-0.4, -0.2) is 27.8 Å². The number of fused-ring (bicyclic) bond motifs is 1. The van der Waals surface area contributed by atoms with E-state index in [4.69, 9.17) is 0 Å². The molecule has 0 radical (unpaired) electrons. The number of amides is 1. The highest BCUT2D eigenvalue weighted by atomic mass is 16.2. The van der Waals surface area contributed by atoms with E-state index in [1.165, 1.54) is 0 Å². The number of benzene rings is 2. The number of carbonyl (C=O) groups excluding carboxylic acids is 1. The van der Waals surface area contributed by atoms with E-state index >= 15 is 0 Å². The quantitative estimate of drug-likeness (QED) is 0.800. The van der Waals surface area contributed by atoms with Crippen LogP contribution in [0.4, 0.5) is 0 Å². The fourth-order valence-corrected chi connectivity index (χ4v) is 2.46. The first-order valence-electron chi connectivity index (χ1n) is 6.89. The molecule has 0 saturated heterocycles. The van der Waals surface area contributed by atoms with Crippen molar-refractivity contribution in [2.75, 3.05) is 7.05 Å². The molecule has 0 fully saturated rings. The van der Waals surface area contributed by atoms with Crippen molar-refractivity contribution in [1.29, 1.82) is 0 Å². The zero-order chi connectivity index (χ0) is 14.8. The molecular formula is C17H17N3O. The van der Waals surface area contributed by atoms with E-state index in [-0.39, 0.29) is 5.91 Å². The van der Waals surface area contributed by atoms with Crippen molar-refractivity contribution in [3.63, 3.8) is 0 Å². The monoisotopic (exact) mass is 279 g/mol. The summed E-state index contributed by atoms with van der Waals surface area (Å²) in [5.41, 5.74) is 1.72. The van der Waals surface area contributed by atoms with Crippen LogP contribution in [0.5, 0.6) is 0 Å². The Labute approximate surface area is 123 Å². The number of aromatic amines is 1. The topological polar surface area (TPSA) is 49.0 Å². The zero-order valence-electron chi connectivity index (χ0n) is 12.1. The highest BCUT2D eigenvalue weighted by Gasteiger charge is 2.15. The van der Waals surface area contributed by atoms with Gasteiger partial charge in [-0.05, 0) is 23.8 Å². The number of hydrogen-bond donors (Lipinski definition) is 1. The summed E-state index contributed by atoms with van der Waals surface area (Å²) in [6, 6.07) is 13.7. The van der Waals surface area contributed by atoms with Crippen LogP contribution in [-0.2, 0) is 6.54 Å². The number of imidazole rings is 1. The molecule has 0 aliphatic carbocycles. The van der Waals surface area contributed by atoms with Gasteiger partial charge in [-0.1, -0.05) is 36.4 Å². The van der Waals surface area contributed by atoms with Gasteiger partial charge in [0, 0.05) is 24.5 Å². The van der Waals surface area contributed by atoms with Crippen molar-refractivity contribution in [3.8, 4) is 0 Å². The van der Waals surface area contributed by atoms with Crippen molar-refractivity contribution in [2.24, 2.45) is 0 Å². The van der Waals surface area contributed by atoms with Gasteiger partial charge >= 0.3 is 0 Å². The van der Waals surface area contributed by atoms with Crippen LogP contribution in [0.1, 0.15) is 21.9 Å². The molecule has 0 aliphatic heterocycles. The summed E-state index contributed by atoms with van der Waals surface area (Å²) in [7, 11) is 1.79. The Hall–Kier alpha value is -2.62. The lowest BCUT2D eigenvalue weighted by molar-refractivity contribution is 0.0784. The first-order chi connectivity index (χ1) is 10.1. The Kier molecular flexibility index (Phi) is 3.44. The third-order valence-corrected chi connectivity index (χ3v) is 3.51. The summed E-state index contributed by atoms with van der Waals surface area (Å²) >= 11 is 0. The minimum absolute atomic E-state index is 0.000790. The van der Waals surface area contributed by atoms with Gasteiger partial charge < -0.3 is 9.88 Å². The molecule has 1 aromatic heterocycles. The van der Waals surface area contributed by atoms with Crippen molar-refractivity contribution >= 4 is 16.7 Å². The second-order valence-corrected chi connectivity index (χ2v) is 5.20. The fourth-order valence-electron chi connectivity index (χ4n) is 2.46. The maximum absolute atomic E-state index is 12.7. The molecule has 2 aromatic carbocycles. The smallest absolute Gasteiger partial charge is 0.254 e. The SMILES string of the molecule is Cc1cnc(CN(C)C(=O)c2cccc3ccccc23)[nH]1. The molecule has 0 bridgehead atoms. The Morgan fingerprint density at radius 3 is 2.71 bits per heavy atom. The molecule has 0 unspecified atom stereocenters. The number of hydrogen-bond acceptors (Lipinski definition) is 2. The number of aryl methyl sites for hydroxylation is 1. The lowest BCUT2D eigenvalue weighted by atomic mass is 10.0. The van der Waals surface area contributed by atoms with E-state index in [9.17, 15) is 4.79 Å². The summed E-state index contributed by atoms with van der Waals surface area (Å²) in [4.78, 5) is 21.7. The molecule has 1 N–H and O–H groups in total. The molecule has 0 aliphatic rings. The van der Waals surface area contributed by atoms with E-state index < -0.39 is 0 Å². The predicted molar refractivity (Wildman–Crippen MR) is 83.1 cm³/mol. The number of aromatic nitrogens is 2. The third kappa shape index (κ3) is 2.65. The molecule has 1 amide bonds. The van der Waals surface area contributed by atoms with Crippen molar-refractivity contribution in [1.82, 2.24) is 14.9 Å². The average molecular weight is 279 g/mol. The molecule has 4 heteroatoms.